The Bertz CT molecular complexity index is 79.3. The van der Waals surface area contributed by atoms with Crippen molar-refractivity contribution in [3.8, 4) is 0 Å². The number of hydrogen-bond acceptors (Lipinski definition) is 2. The molecule has 0 saturated heterocycles. The van der Waals surface area contributed by atoms with E-state index in [4.69, 9.17) is 5.73 Å². The summed E-state index contributed by atoms with van der Waals surface area (Å²) in [6.07, 6.45) is 5.87. The normalized spacial score (nSPS) is 20.1. The number of thioether (sulfide) groups is 1. The van der Waals surface area contributed by atoms with E-state index < -0.39 is 0 Å². The molecule has 2 N–H and O–H groups in total. The molecule has 0 unspecified atom stereocenters. The number of hydrogen-bond donors (Lipinski definition) is 1. The largest absolute Gasteiger partial charge is 0.330 e. The second-order valence-electron chi connectivity index (χ2n) is 3.01. The van der Waals surface area contributed by atoms with Crippen molar-refractivity contribution in [2.45, 2.75) is 25.7 Å². The first kappa shape index (κ1) is 8.41. The van der Waals surface area contributed by atoms with E-state index >= 15 is 0 Å². The summed E-state index contributed by atoms with van der Waals surface area (Å²) < 4.78 is 0. The SMILES string of the molecule is NCCSCC1CCCC1. The Kier molecular flexibility index (Phi) is 4.23. The molecular formula is C8H17NS. The van der Waals surface area contributed by atoms with E-state index in [0.29, 0.717) is 0 Å². The van der Waals surface area contributed by atoms with Gasteiger partial charge < -0.3 is 5.73 Å². The second-order valence-corrected chi connectivity index (χ2v) is 4.16. The van der Waals surface area contributed by atoms with Gasteiger partial charge in [-0.05, 0) is 24.5 Å². The van der Waals surface area contributed by atoms with E-state index in [1.807, 2.05) is 11.8 Å². The molecule has 0 bridgehead atoms. The molecule has 60 valence electrons. The first-order valence-corrected chi connectivity index (χ1v) is 5.37. The number of nitrogens with two attached hydrogens (primary N) is 1. The topological polar surface area (TPSA) is 26.0 Å². The Morgan fingerprint density at radius 2 is 2.00 bits per heavy atom. The minimum atomic E-state index is 0.845. The van der Waals surface area contributed by atoms with Crippen molar-refractivity contribution < 1.29 is 0 Å². The zero-order valence-electron chi connectivity index (χ0n) is 6.51. The van der Waals surface area contributed by atoms with Crippen LogP contribution in [-0.4, -0.2) is 18.1 Å². The van der Waals surface area contributed by atoms with Gasteiger partial charge in [0.25, 0.3) is 0 Å². The van der Waals surface area contributed by atoms with Crippen LogP contribution >= 0.6 is 11.8 Å². The molecule has 0 aromatic heterocycles. The van der Waals surface area contributed by atoms with Crippen LogP contribution in [0.25, 0.3) is 0 Å². The number of rotatable bonds is 4. The van der Waals surface area contributed by atoms with Gasteiger partial charge in [0.1, 0.15) is 0 Å². The Balaban J connectivity index is 1.91. The molecule has 1 fully saturated rings. The zero-order valence-corrected chi connectivity index (χ0v) is 7.33. The molecule has 0 radical (unpaired) electrons. The van der Waals surface area contributed by atoms with Crippen LogP contribution in [0.1, 0.15) is 25.7 Å². The van der Waals surface area contributed by atoms with E-state index in [-0.39, 0.29) is 0 Å². The minimum absolute atomic E-state index is 0.845. The third-order valence-corrected chi connectivity index (χ3v) is 3.32. The van der Waals surface area contributed by atoms with Crippen LogP contribution < -0.4 is 5.73 Å². The highest BCUT2D eigenvalue weighted by molar-refractivity contribution is 7.99. The monoisotopic (exact) mass is 159 g/mol. The summed E-state index contributed by atoms with van der Waals surface area (Å²) in [5.41, 5.74) is 5.39. The second kappa shape index (κ2) is 5.03. The quantitative estimate of drug-likeness (QED) is 0.634. The fourth-order valence-electron chi connectivity index (χ4n) is 1.51. The lowest BCUT2D eigenvalue weighted by atomic mass is 10.1. The molecule has 1 saturated carbocycles. The van der Waals surface area contributed by atoms with Crippen LogP contribution in [0.3, 0.4) is 0 Å². The van der Waals surface area contributed by atoms with Crippen molar-refractivity contribution >= 4 is 11.8 Å². The third-order valence-electron chi connectivity index (χ3n) is 2.09. The Labute approximate surface area is 67.8 Å². The summed E-state index contributed by atoms with van der Waals surface area (Å²) in [6.45, 7) is 0.845. The van der Waals surface area contributed by atoms with Crippen LogP contribution in [0.2, 0.25) is 0 Å². The molecule has 0 aromatic rings. The molecule has 2 heteroatoms. The van der Waals surface area contributed by atoms with Crippen molar-refractivity contribution in [3.05, 3.63) is 0 Å². The van der Waals surface area contributed by atoms with Gasteiger partial charge in [-0.25, -0.2) is 0 Å². The molecule has 1 aliphatic rings. The van der Waals surface area contributed by atoms with Gasteiger partial charge in [-0.2, -0.15) is 11.8 Å². The van der Waals surface area contributed by atoms with Gasteiger partial charge in [-0.1, -0.05) is 12.8 Å². The lowest BCUT2D eigenvalue weighted by molar-refractivity contribution is 0.623. The van der Waals surface area contributed by atoms with Gasteiger partial charge in [0.05, 0.1) is 0 Å². The predicted molar refractivity (Wildman–Crippen MR) is 48.3 cm³/mol. The fourth-order valence-corrected chi connectivity index (χ4v) is 2.51. The highest BCUT2D eigenvalue weighted by Gasteiger charge is 2.13. The van der Waals surface area contributed by atoms with Gasteiger partial charge in [0.2, 0.25) is 0 Å². The van der Waals surface area contributed by atoms with Crippen molar-refractivity contribution in [2.75, 3.05) is 18.1 Å². The lowest BCUT2D eigenvalue weighted by Crippen LogP contribution is -2.04. The molecule has 0 atom stereocenters. The van der Waals surface area contributed by atoms with Gasteiger partial charge in [-0.15, -0.1) is 0 Å². The van der Waals surface area contributed by atoms with Crippen molar-refractivity contribution in [2.24, 2.45) is 11.7 Å². The van der Waals surface area contributed by atoms with Gasteiger partial charge >= 0.3 is 0 Å². The summed E-state index contributed by atoms with van der Waals surface area (Å²) in [5, 5.41) is 0. The summed E-state index contributed by atoms with van der Waals surface area (Å²) in [6, 6.07) is 0. The van der Waals surface area contributed by atoms with Gasteiger partial charge in [-0.3, -0.25) is 0 Å². The molecular weight excluding hydrogens is 142 g/mol. The summed E-state index contributed by atoms with van der Waals surface area (Å²) in [4.78, 5) is 0. The van der Waals surface area contributed by atoms with Gasteiger partial charge in [0.15, 0.2) is 0 Å². The van der Waals surface area contributed by atoms with Crippen molar-refractivity contribution in [1.29, 1.82) is 0 Å². The molecule has 0 heterocycles. The standard InChI is InChI=1S/C8H17NS/c9-5-6-10-7-8-3-1-2-4-8/h8H,1-7,9H2. The average Bonchev–Trinajstić information content (AvgIpc) is 2.41. The summed E-state index contributed by atoms with van der Waals surface area (Å²) in [5.74, 6) is 3.53. The van der Waals surface area contributed by atoms with Crippen LogP contribution in [0.4, 0.5) is 0 Å². The maximum Gasteiger partial charge on any atom is 0.00559 e. The zero-order chi connectivity index (χ0) is 7.23. The average molecular weight is 159 g/mol. The van der Waals surface area contributed by atoms with E-state index in [9.17, 15) is 0 Å². The van der Waals surface area contributed by atoms with Crippen LogP contribution in [-0.2, 0) is 0 Å². The van der Waals surface area contributed by atoms with Gasteiger partial charge in [0, 0.05) is 12.3 Å². The van der Waals surface area contributed by atoms with Crippen LogP contribution in [0, 0.1) is 5.92 Å². The molecule has 0 spiro atoms. The summed E-state index contributed by atoms with van der Waals surface area (Å²) >= 11 is 2.03. The lowest BCUT2D eigenvalue weighted by Gasteiger charge is -2.06. The smallest absolute Gasteiger partial charge is 0.00559 e. The van der Waals surface area contributed by atoms with Crippen molar-refractivity contribution in [3.63, 3.8) is 0 Å². The Morgan fingerprint density at radius 1 is 1.30 bits per heavy atom. The molecule has 1 rings (SSSR count). The Morgan fingerprint density at radius 3 is 2.60 bits per heavy atom. The molecule has 10 heavy (non-hydrogen) atoms. The maximum absolute atomic E-state index is 5.39. The van der Waals surface area contributed by atoms with E-state index in [1.54, 1.807) is 0 Å². The molecule has 1 aliphatic carbocycles. The third kappa shape index (κ3) is 2.93. The molecule has 0 amide bonds. The first-order chi connectivity index (χ1) is 4.93. The first-order valence-electron chi connectivity index (χ1n) is 4.21. The van der Waals surface area contributed by atoms with Crippen LogP contribution in [0.15, 0.2) is 0 Å². The van der Waals surface area contributed by atoms with Crippen molar-refractivity contribution in [1.82, 2.24) is 0 Å². The van der Waals surface area contributed by atoms with E-state index in [2.05, 4.69) is 0 Å². The highest BCUT2D eigenvalue weighted by Crippen LogP contribution is 2.27. The van der Waals surface area contributed by atoms with E-state index in [0.717, 1.165) is 18.2 Å². The summed E-state index contributed by atoms with van der Waals surface area (Å²) in [7, 11) is 0. The molecule has 0 aliphatic heterocycles. The maximum atomic E-state index is 5.39. The fraction of sp³-hybridized carbons (Fsp3) is 1.00. The highest BCUT2D eigenvalue weighted by atomic mass is 32.2. The molecule has 0 aromatic carbocycles. The Hall–Kier alpha value is 0.310. The predicted octanol–water partition coefficient (Wildman–Crippen LogP) is 1.87. The minimum Gasteiger partial charge on any atom is -0.330 e. The molecule has 1 nitrogen and oxygen atoms in total. The van der Waals surface area contributed by atoms with Crippen LogP contribution in [0.5, 0.6) is 0 Å². The van der Waals surface area contributed by atoms with E-state index in [1.165, 1.54) is 31.4 Å².